The molecule has 27 heavy (non-hydrogen) atoms. The molecule has 1 atom stereocenters. The van der Waals surface area contributed by atoms with E-state index in [0.29, 0.717) is 19.6 Å². The summed E-state index contributed by atoms with van der Waals surface area (Å²) in [7, 11) is 0. The standard InChI is InChI=1S/C21H24N4O2/c1-15-7-9-17(10-8-15)25-12-11-24(14-16(25)2)21(26)22-13-19-18-5-3-4-6-20(18)27-23-19/h3-10,16H,11-14H2,1-2H3,(H,22,26)/t16-/m0/s1. The van der Waals surface area contributed by atoms with Crippen LogP contribution in [-0.4, -0.2) is 41.8 Å². The zero-order valence-corrected chi connectivity index (χ0v) is 15.7. The van der Waals surface area contributed by atoms with Gasteiger partial charge in [-0.05, 0) is 38.1 Å². The van der Waals surface area contributed by atoms with Crippen LogP contribution in [0.15, 0.2) is 53.1 Å². The molecule has 3 aromatic rings. The number of aryl methyl sites for hydroxylation is 1. The number of carbonyl (C=O) groups is 1. The third-order valence-electron chi connectivity index (χ3n) is 5.14. The van der Waals surface area contributed by atoms with Crippen molar-refractivity contribution in [1.29, 1.82) is 0 Å². The minimum absolute atomic E-state index is 0.0579. The summed E-state index contributed by atoms with van der Waals surface area (Å²) in [5.74, 6) is 0. The van der Waals surface area contributed by atoms with Crippen molar-refractivity contribution in [2.75, 3.05) is 24.5 Å². The lowest BCUT2D eigenvalue weighted by Crippen LogP contribution is -2.55. The van der Waals surface area contributed by atoms with Gasteiger partial charge in [-0.25, -0.2) is 4.79 Å². The van der Waals surface area contributed by atoms with Crippen LogP contribution >= 0.6 is 0 Å². The number of piperazine rings is 1. The highest BCUT2D eigenvalue weighted by atomic mass is 16.5. The zero-order chi connectivity index (χ0) is 18.8. The highest BCUT2D eigenvalue weighted by Crippen LogP contribution is 2.21. The summed E-state index contributed by atoms with van der Waals surface area (Å²) in [4.78, 5) is 16.8. The van der Waals surface area contributed by atoms with Crippen molar-refractivity contribution in [3.63, 3.8) is 0 Å². The van der Waals surface area contributed by atoms with E-state index in [2.05, 4.69) is 53.5 Å². The Morgan fingerprint density at radius 2 is 1.96 bits per heavy atom. The fourth-order valence-corrected chi connectivity index (χ4v) is 3.60. The smallest absolute Gasteiger partial charge is 0.317 e. The van der Waals surface area contributed by atoms with Crippen LogP contribution < -0.4 is 10.2 Å². The first-order valence-corrected chi connectivity index (χ1v) is 9.31. The van der Waals surface area contributed by atoms with E-state index < -0.39 is 0 Å². The molecule has 6 nitrogen and oxygen atoms in total. The molecule has 0 aliphatic carbocycles. The van der Waals surface area contributed by atoms with Gasteiger partial charge >= 0.3 is 6.03 Å². The summed E-state index contributed by atoms with van der Waals surface area (Å²) >= 11 is 0. The molecule has 1 aliphatic rings. The number of hydrogen-bond donors (Lipinski definition) is 1. The first-order valence-electron chi connectivity index (χ1n) is 9.31. The quantitative estimate of drug-likeness (QED) is 0.772. The van der Waals surface area contributed by atoms with Gasteiger partial charge in [0.1, 0.15) is 5.69 Å². The maximum atomic E-state index is 12.6. The summed E-state index contributed by atoms with van der Waals surface area (Å²) in [6.45, 7) is 6.83. The molecule has 0 spiro atoms. The maximum Gasteiger partial charge on any atom is 0.317 e. The summed E-state index contributed by atoms with van der Waals surface area (Å²) in [6.07, 6.45) is 0. The van der Waals surface area contributed by atoms with Crippen molar-refractivity contribution in [3.8, 4) is 0 Å². The van der Waals surface area contributed by atoms with Crippen LogP contribution in [0, 0.1) is 6.92 Å². The number of urea groups is 1. The highest BCUT2D eigenvalue weighted by Gasteiger charge is 2.27. The van der Waals surface area contributed by atoms with Crippen LogP contribution in [0.5, 0.6) is 0 Å². The fraction of sp³-hybridized carbons (Fsp3) is 0.333. The van der Waals surface area contributed by atoms with Gasteiger partial charge in [0.25, 0.3) is 0 Å². The highest BCUT2D eigenvalue weighted by molar-refractivity contribution is 5.80. The Morgan fingerprint density at radius 1 is 1.19 bits per heavy atom. The maximum absolute atomic E-state index is 12.6. The first-order chi connectivity index (χ1) is 13.1. The van der Waals surface area contributed by atoms with E-state index in [-0.39, 0.29) is 12.1 Å². The van der Waals surface area contributed by atoms with E-state index in [1.165, 1.54) is 11.3 Å². The van der Waals surface area contributed by atoms with Gasteiger partial charge in [0, 0.05) is 36.7 Å². The van der Waals surface area contributed by atoms with Gasteiger partial charge in [-0.2, -0.15) is 0 Å². The Bertz CT molecular complexity index is 935. The largest absolute Gasteiger partial charge is 0.365 e. The van der Waals surface area contributed by atoms with Crippen molar-refractivity contribution in [1.82, 2.24) is 15.4 Å². The second-order valence-electron chi connectivity index (χ2n) is 7.11. The van der Waals surface area contributed by atoms with Gasteiger partial charge in [0.2, 0.25) is 0 Å². The molecule has 1 fully saturated rings. The lowest BCUT2D eigenvalue weighted by Gasteiger charge is -2.41. The Balaban J connectivity index is 1.36. The molecular formula is C21H24N4O2. The Kier molecular flexibility index (Phi) is 4.71. The minimum Gasteiger partial charge on any atom is -0.365 e. The monoisotopic (exact) mass is 364 g/mol. The number of aromatic nitrogens is 1. The summed E-state index contributed by atoms with van der Waals surface area (Å²) < 4.78 is 5.29. The number of para-hydroxylation sites is 1. The van der Waals surface area contributed by atoms with Crippen molar-refractivity contribution in [3.05, 3.63) is 59.8 Å². The van der Waals surface area contributed by atoms with E-state index in [4.69, 9.17) is 4.52 Å². The number of hydrogen-bond acceptors (Lipinski definition) is 4. The fourth-order valence-electron chi connectivity index (χ4n) is 3.60. The third-order valence-corrected chi connectivity index (χ3v) is 5.14. The van der Waals surface area contributed by atoms with Gasteiger partial charge < -0.3 is 19.6 Å². The average Bonchev–Trinajstić information content (AvgIpc) is 3.10. The van der Waals surface area contributed by atoms with Crippen molar-refractivity contribution >= 4 is 22.7 Å². The number of carbonyl (C=O) groups excluding carboxylic acids is 1. The van der Waals surface area contributed by atoms with E-state index in [1.807, 2.05) is 29.2 Å². The van der Waals surface area contributed by atoms with E-state index in [1.54, 1.807) is 0 Å². The SMILES string of the molecule is Cc1ccc(N2CCN(C(=O)NCc3noc4ccccc34)C[C@@H]2C)cc1. The van der Waals surface area contributed by atoms with Gasteiger partial charge in [-0.15, -0.1) is 0 Å². The molecule has 140 valence electrons. The molecule has 1 aliphatic heterocycles. The summed E-state index contributed by atoms with van der Waals surface area (Å²) in [5, 5.41) is 7.99. The number of nitrogens with one attached hydrogen (secondary N) is 1. The van der Waals surface area contributed by atoms with Crippen LogP contribution in [0.2, 0.25) is 0 Å². The third kappa shape index (κ3) is 3.60. The molecule has 0 unspecified atom stereocenters. The van der Waals surface area contributed by atoms with E-state index >= 15 is 0 Å². The first kappa shape index (κ1) is 17.4. The molecule has 0 bridgehead atoms. The van der Waals surface area contributed by atoms with Crippen molar-refractivity contribution < 1.29 is 9.32 Å². The predicted molar refractivity (Wildman–Crippen MR) is 106 cm³/mol. The number of amides is 2. The van der Waals surface area contributed by atoms with Crippen LogP contribution in [0.25, 0.3) is 11.0 Å². The number of nitrogens with zero attached hydrogens (tertiary/aromatic N) is 3. The van der Waals surface area contributed by atoms with Crippen LogP contribution in [0.4, 0.5) is 10.5 Å². The molecule has 6 heteroatoms. The van der Waals surface area contributed by atoms with Crippen LogP contribution in [0.3, 0.4) is 0 Å². The summed E-state index contributed by atoms with van der Waals surface area (Å²) in [5.41, 5.74) is 3.96. The lowest BCUT2D eigenvalue weighted by molar-refractivity contribution is 0.186. The lowest BCUT2D eigenvalue weighted by atomic mass is 10.1. The Hall–Kier alpha value is -3.02. The van der Waals surface area contributed by atoms with E-state index in [9.17, 15) is 4.79 Å². The second kappa shape index (κ2) is 7.31. The number of fused-ring (bicyclic) bond motifs is 1. The second-order valence-corrected chi connectivity index (χ2v) is 7.11. The van der Waals surface area contributed by atoms with Gasteiger partial charge in [0.05, 0.1) is 6.54 Å². The zero-order valence-electron chi connectivity index (χ0n) is 15.7. The van der Waals surface area contributed by atoms with Crippen LogP contribution in [0.1, 0.15) is 18.2 Å². The molecule has 0 saturated carbocycles. The minimum atomic E-state index is -0.0579. The summed E-state index contributed by atoms with van der Waals surface area (Å²) in [6, 6.07) is 16.4. The van der Waals surface area contributed by atoms with Crippen molar-refractivity contribution in [2.24, 2.45) is 0 Å². The number of rotatable bonds is 3. The molecule has 1 saturated heterocycles. The molecule has 2 aromatic carbocycles. The predicted octanol–water partition coefficient (Wildman–Crippen LogP) is 3.56. The normalized spacial score (nSPS) is 17.3. The molecule has 2 amide bonds. The molecule has 1 N–H and O–H groups in total. The van der Waals surface area contributed by atoms with Gasteiger partial charge in [0.15, 0.2) is 5.58 Å². The molecular weight excluding hydrogens is 340 g/mol. The molecule has 4 rings (SSSR count). The van der Waals surface area contributed by atoms with Gasteiger partial charge in [-0.1, -0.05) is 35.0 Å². The molecule has 0 radical (unpaired) electrons. The van der Waals surface area contributed by atoms with Crippen molar-refractivity contribution in [2.45, 2.75) is 26.4 Å². The molecule has 1 aromatic heterocycles. The van der Waals surface area contributed by atoms with Crippen LogP contribution in [-0.2, 0) is 6.54 Å². The average molecular weight is 364 g/mol. The number of benzene rings is 2. The Morgan fingerprint density at radius 3 is 2.74 bits per heavy atom. The van der Waals surface area contributed by atoms with Gasteiger partial charge in [-0.3, -0.25) is 0 Å². The Labute approximate surface area is 158 Å². The number of anilines is 1. The molecule has 2 heterocycles. The topological polar surface area (TPSA) is 61.6 Å². The van der Waals surface area contributed by atoms with E-state index in [0.717, 1.165) is 23.2 Å².